The van der Waals surface area contributed by atoms with Crippen LogP contribution in [0.25, 0.3) is 0 Å². The Hall–Kier alpha value is -2.88. The maximum Gasteiger partial charge on any atom is 0.222 e. The number of anilines is 1. The molecule has 3 heterocycles. The third-order valence-corrected chi connectivity index (χ3v) is 4.86. The predicted octanol–water partition coefficient (Wildman–Crippen LogP) is 2.02. The van der Waals surface area contributed by atoms with E-state index in [0.29, 0.717) is 24.2 Å². The molecule has 1 saturated heterocycles. The summed E-state index contributed by atoms with van der Waals surface area (Å²) in [4.78, 5) is 22.9. The molecule has 0 radical (unpaired) electrons. The van der Waals surface area contributed by atoms with Gasteiger partial charge in [-0.2, -0.15) is 5.26 Å². The average molecular weight is 338 g/mol. The number of hydrogen-bond donors (Lipinski definition) is 1. The Bertz CT molecular complexity index is 821. The number of nitriles is 1. The Morgan fingerprint density at radius 1 is 1.40 bits per heavy atom. The summed E-state index contributed by atoms with van der Waals surface area (Å²) in [5.41, 5.74) is 1.29. The van der Waals surface area contributed by atoms with E-state index in [-0.39, 0.29) is 17.9 Å². The maximum atomic E-state index is 12.2. The topological polar surface area (TPSA) is 86.8 Å². The number of aromatic nitrogens is 3. The second-order valence-corrected chi connectivity index (χ2v) is 6.47. The number of likely N-dealkylation sites (tertiary alicyclic amines) is 1. The summed E-state index contributed by atoms with van der Waals surface area (Å²) in [6.45, 7) is 2.51. The number of hydrogen-bond acceptors (Lipinski definition) is 5. The van der Waals surface area contributed by atoms with Crippen molar-refractivity contribution in [2.45, 2.75) is 25.8 Å². The van der Waals surface area contributed by atoms with Gasteiger partial charge in [0.25, 0.3) is 0 Å². The first-order chi connectivity index (χ1) is 12.0. The van der Waals surface area contributed by atoms with E-state index < -0.39 is 0 Å². The minimum Gasteiger partial charge on any atom is -0.370 e. The van der Waals surface area contributed by atoms with E-state index in [2.05, 4.69) is 21.4 Å². The summed E-state index contributed by atoms with van der Waals surface area (Å²) in [5, 5.41) is 12.4. The van der Waals surface area contributed by atoms with Crippen LogP contribution in [-0.2, 0) is 11.8 Å². The quantitative estimate of drug-likeness (QED) is 0.921. The molecule has 0 unspecified atom stereocenters. The van der Waals surface area contributed by atoms with Crippen LogP contribution in [0.1, 0.15) is 36.0 Å². The highest BCUT2D eigenvalue weighted by Gasteiger charge is 2.36. The molecular weight excluding hydrogens is 316 g/mol. The van der Waals surface area contributed by atoms with Crippen LogP contribution in [0.4, 0.5) is 5.82 Å². The molecule has 2 atom stereocenters. The largest absolute Gasteiger partial charge is 0.370 e. The molecule has 25 heavy (non-hydrogen) atoms. The van der Waals surface area contributed by atoms with Crippen molar-refractivity contribution in [1.29, 1.82) is 5.26 Å². The molecule has 2 aromatic rings. The fraction of sp³-hybridized carbons (Fsp3) is 0.444. The van der Waals surface area contributed by atoms with Crippen LogP contribution in [0.3, 0.4) is 0 Å². The van der Waals surface area contributed by atoms with Gasteiger partial charge in [-0.05, 0) is 25.5 Å². The third-order valence-electron chi connectivity index (χ3n) is 4.86. The van der Waals surface area contributed by atoms with E-state index in [4.69, 9.17) is 5.26 Å². The number of carbonyl (C=O) groups excluding carboxylic acids is 1. The number of imidazole rings is 1. The summed E-state index contributed by atoms with van der Waals surface area (Å²) in [5.74, 6) is 2.03. The second-order valence-electron chi connectivity index (χ2n) is 6.47. The highest BCUT2D eigenvalue weighted by molar-refractivity contribution is 5.77. The standard InChI is InChI=1S/C18H22N6O/c1-12-13(10-19)4-6-15(22-12)21-11-14-5-7-16(25)24(3)17(14)18-20-8-9-23(18)2/h4,6,8-9,14,17H,5,7,11H2,1-3H3,(H,21,22)/t14-,17+/m1/s1. The molecular formula is C18H22N6O. The van der Waals surface area contributed by atoms with Gasteiger partial charge >= 0.3 is 0 Å². The van der Waals surface area contributed by atoms with Gasteiger partial charge in [-0.15, -0.1) is 0 Å². The van der Waals surface area contributed by atoms with E-state index in [0.717, 1.165) is 18.1 Å². The molecule has 1 amide bonds. The molecule has 130 valence electrons. The number of aryl methyl sites for hydroxylation is 2. The SMILES string of the molecule is Cc1nc(NC[C@H]2CCC(=O)N(C)[C@@H]2c2nccn2C)ccc1C#N. The van der Waals surface area contributed by atoms with E-state index in [1.165, 1.54) is 0 Å². The number of piperidine rings is 1. The minimum absolute atomic E-state index is 0.0618. The first kappa shape index (κ1) is 17.0. The van der Waals surface area contributed by atoms with E-state index in [1.807, 2.05) is 37.8 Å². The fourth-order valence-electron chi connectivity index (χ4n) is 3.39. The van der Waals surface area contributed by atoms with Crippen LogP contribution < -0.4 is 5.32 Å². The summed E-state index contributed by atoms with van der Waals surface area (Å²) >= 11 is 0. The molecule has 3 rings (SSSR count). The number of rotatable bonds is 4. The average Bonchev–Trinajstić information content (AvgIpc) is 3.01. The molecule has 0 aromatic carbocycles. The van der Waals surface area contributed by atoms with Crippen LogP contribution in [0.2, 0.25) is 0 Å². The summed E-state index contributed by atoms with van der Waals surface area (Å²) in [6, 6.07) is 5.66. The number of amides is 1. The van der Waals surface area contributed by atoms with Gasteiger partial charge in [-0.3, -0.25) is 4.79 Å². The van der Waals surface area contributed by atoms with Crippen molar-refractivity contribution in [3.05, 3.63) is 41.6 Å². The number of nitrogens with one attached hydrogen (secondary N) is 1. The van der Waals surface area contributed by atoms with Crippen LogP contribution in [0.15, 0.2) is 24.5 Å². The molecule has 0 bridgehead atoms. The molecule has 1 fully saturated rings. The van der Waals surface area contributed by atoms with Gasteiger partial charge in [0.1, 0.15) is 17.7 Å². The van der Waals surface area contributed by atoms with Crippen molar-refractivity contribution in [3.63, 3.8) is 0 Å². The highest BCUT2D eigenvalue weighted by atomic mass is 16.2. The molecule has 1 aliphatic rings. The van der Waals surface area contributed by atoms with E-state index in [9.17, 15) is 4.79 Å². The van der Waals surface area contributed by atoms with Crippen molar-refractivity contribution >= 4 is 11.7 Å². The summed E-state index contributed by atoms with van der Waals surface area (Å²) < 4.78 is 1.97. The normalized spacial score (nSPS) is 20.4. The second kappa shape index (κ2) is 6.93. The first-order valence-corrected chi connectivity index (χ1v) is 8.35. The molecule has 1 aliphatic heterocycles. The summed E-state index contributed by atoms with van der Waals surface area (Å²) in [6.07, 6.45) is 5.02. The molecule has 0 saturated carbocycles. The van der Waals surface area contributed by atoms with Gasteiger partial charge < -0.3 is 14.8 Å². The summed E-state index contributed by atoms with van der Waals surface area (Å²) in [7, 11) is 3.79. The molecule has 7 heteroatoms. The Kier molecular flexibility index (Phi) is 4.70. The van der Waals surface area contributed by atoms with Crippen molar-refractivity contribution in [1.82, 2.24) is 19.4 Å². The lowest BCUT2D eigenvalue weighted by Gasteiger charge is -2.38. The lowest BCUT2D eigenvalue weighted by Crippen LogP contribution is -2.43. The Morgan fingerprint density at radius 2 is 2.20 bits per heavy atom. The first-order valence-electron chi connectivity index (χ1n) is 8.35. The third kappa shape index (κ3) is 3.33. The Balaban J connectivity index is 1.78. The van der Waals surface area contributed by atoms with Crippen molar-refractivity contribution in [2.24, 2.45) is 13.0 Å². The lowest BCUT2D eigenvalue weighted by atomic mass is 9.88. The Labute approximate surface area is 147 Å². The highest BCUT2D eigenvalue weighted by Crippen LogP contribution is 2.34. The molecule has 7 nitrogen and oxygen atoms in total. The van der Waals surface area contributed by atoms with Gasteiger partial charge in [-0.1, -0.05) is 0 Å². The zero-order chi connectivity index (χ0) is 18.0. The van der Waals surface area contributed by atoms with E-state index in [1.54, 1.807) is 17.2 Å². The molecule has 0 spiro atoms. The maximum absolute atomic E-state index is 12.2. The van der Waals surface area contributed by atoms with Gasteiger partial charge in [0.15, 0.2) is 0 Å². The zero-order valence-electron chi connectivity index (χ0n) is 14.7. The molecule has 0 aliphatic carbocycles. The number of carbonyl (C=O) groups is 1. The molecule has 2 aromatic heterocycles. The number of pyridine rings is 1. The Morgan fingerprint density at radius 3 is 2.84 bits per heavy atom. The van der Waals surface area contributed by atoms with Crippen LogP contribution >= 0.6 is 0 Å². The van der Waals surface area contributed by atoms with Crippen LogP contribution in [-0.4, -0.2) is 38.9 Å². The van der Waals surface area contributed by atoms with Gasteiger partial charge in [0.05, 0.1) is 17.3 Å². The van der Waals surface area contributed by atoms with Gasteiger partial charge in [0.2, 0.25) is 5.91 Å². The van der Waals surface area contributed by atoms with Crippen LogP contribution in [0, 0.1) is 24.2 Å². The van der Waals surface area contributed by atoms with Crippen molar-refractivity contribution in [2.75, 3.05) is 18.9 Å². The fourth-order valence-corrected chi connectivity index (χ4v) is 3.39. The van der Waals surface area contributed by atoms with Crippen molar-refractivity contribution < 1.29 is 4.79 Å². The smallest absolute Gasteiger partial charge is 0.222 e. The molecule has 1 N–H and O–H groups in total. The minimum atomic E-state index is -0.0618. The van der Waals surface area contributed by atoms with Crippen molar-refractivity contribution in [3.8, 4) is 6.07 Å². The zero-order valence-corrected chi connectivity index (χ0v) is 14.7. The predicted molar refractivity (Wildman–Crippen MR) is 93.6 cm³/mol. The lowest BCUT2D eigenvalue weighted by molar-refractivity contribution is -0.137. The monoisotopic (exact) mass is 338 g/mol. The van der Waals surface area contributed by atoms with Gasteiger partial charge in [-0.25, -0.2) is 9.97 Å². The number of nitrogens with zero attached hydrogens (tertiary/aromatic N) is 5. The van der Waals surface area contributed by atoms with E-state index >= 15 is 0 Å². The van der Waals surface area contributed by atoms with Gasteiger partial charge in [0, 0.05) is 45.4 Å². The van der Waals surface area contributed by atoms with Crippen LogP contribution in [0.5, 0.6) is 0 Å².